The van der Waals surface area contributed by atoms with Crippen LogP contribution >= 0.6 is 11.3 Å². The zero-order chi connectivity index (χ0) is 13.2. The Labute approximate surface area is 116 Å². The van der Waals surface area contributed by atoms with Crippen molar-refractivity contribution in [1.82, 2.24) is 14.9 Å². The first-order chi connectivity index (χ1) is 9.31. The molecule has 1 atom stereocenters. The van der Waals surface area contributed by atoms with E-state index in [0.29, 0.717) is 0 Å². The highest BCUT2D eigenvalue weighted by atomic mass is 32.1. The number of rotatable bonds is 4. The normalized spacial score (nSPS) is 12.9. The van der Waals surface area contributed by atoms with Crippen molar-refractivity contribution in [2.75, 3.05) is 6.54 Å². The molecule has 0 aliphatic heterocycles. The lowest BCUT2D eigenvalue weighted by Crippen LogP contribution is -2.22. The van der Waals surface area contributed by atoms with Crippen LogP contribution in [0.5, 0.6) is 0 Å². The first-order valence-electron chi connectivity index (χ1n) is 6.51. The van der Waals surface area contributed by atoms with Crippen LogP contribution in [0.3, 0.4) is 0 Å². The minimum absolute atomic E-state index is 0.219. The highest BCUT2D eigenvalue weighted by Gasteiger charge is 2.19. The monoisotopic (exact) mass is 271 g/mol. The quantitative estimate of drug-likeness (QED) is 0.788. The number of fused-ring (bicyclic) bond motifs is 1. The van der Waals surface area contributed by atoms with Gasteiger partial charge in [0, 0.05) is 16.6 Å². The molecule has 0 aliphatic rings. The molecule has 0 saturated heterocycles. The van der Waals surface area contributed by atoms with Gasteiger partial charge in [-0.25, -0.2) is 4.52 Å². The molecule has 4 heteroatoms. The zero-order valence-electron chi connectivity index (χ0n) is 11.1. The van der Waals surface area contributed by atoms with E-state index in [2.05, 4.69) is 47.8 Å². The van der Waals surface area contributed by atoms with Gasteiger partial charge in [-0.2, -0.15) is 5.10 Å². The van der Waals surface area contributed by atoms with Crippen LogP contribution in [0.2, 0.25) is 0 Å². The molecule has 0 fully saturated rings. The van der Waals surface area contributed by atoms with Crippen molar-refractivity contribution in [3.8, 4) is 0 Å². The second-order valence-corrected chi connectivity index (χ2v) is 5.67. The first-order valence-corrected chi connectivity index (χ1v) is 7.39. The third kappa shape index (κ3) is 2.17. The molecule has 0 spiro atoms. The SMILES string of the molecule is CCNC(c1ccsc1C)c1cnn2ccccc12. The molecule has 0 aromatic carbocycles. The second kappa shape index (κ2) is 5.15. The van der Waals surface area contributed by atoms with Crippen molar-refractivity contribution in [1.29, 1.82) is 0 Å². The summed E-state index contributed by atoms with van der Waals surface area (Å²) >= 11 is 1.79. The molecule has 0 radical (unpaired) electrons. The standard InChI is InChI=1S/C15H17N3S/c1-3-16-15(12-7-9-19-11(12)2)13-10-17-18-8-5-4-6-14(13)18/h4-10,15-16H,3H2,1-2H3. The summed E-state index contributed by atoms with van der Waals surface area (Å²) in [4.78, 5) is 1.36. The van der Waals surface area contributed by atoms with E-state index in [1.807, 2.05) is 23.0 Å². The summed E-state index contributed by atoms with van der Waals surface area (Å²) in [5.74, 6) is 0. The molecule has 0 aliphatic carbocycles. The maximum Gasteiger partial charge on any atom is 0.0712 e. The van der Waals surface area contributed by atoms with Crippen LogP contribution in [0.4, 0.5) is 0 Å². The fraction of sp³-hybridized carbons (Fsp3) is 0.267. The Hall–Kier alpha value is -1.65. The van der Waals surface area contributed by atoms with E-state index in [1.54, 1.807) is 11.3 Å². The summed E-state index contributed by atoms with van der Waals surface area (Å²) in [6.07, 6.45) is 3.96. The van der Waals surface area contributed by atoms with Gasteiger partial charge in [-0.05, 0) is 42.6 Å². The van der Waals surface area contributed by atoms with E-state index >= 15 is 0 Å². The van der Waals surface area contributed by atoms with Crippen LogP contribution in [0, 0.1) is 6.92 Å². The van der Waals surface area contributed by atoms with Gasteiger partial charge in [0.2, 0.25) is 0 Å². The van der Waals surface area contributed by atoms with Gasteiger partial charge in [0.05, 0.1) is 17.8 Å². The number of aryl methyl sites for hydroxylation is 1. The Morgan fingerprint density at radius 2 is 2.21 bits per heavy atom. The van der Waals surface area contributed by atoms with E-state index in [0.717, 1.165) is 6.54 Å². The molecular formula is C15H17N3S. The number of pyridine rings is 1. The lowest BCUT2D eigenvalue weighted by molar-refractivity contribution is 0.633. The van der Waals surface area contributed by atoms with Gasteiger partial charge in [-0.3, -0.25) is 0 Å². The van der Waals surface area contributed by atoms with Crippen molar-refractivity contribution in [2.24, 2.45) is 0 Å². The minimum Gasteiger partial charge on any atom is -0.306 e. The Balaban J connectivity index is 2.12. The highest BCUT2D eigenvalue weighted by Crippen LogP contribution is 2.30. The molecule has 1 N–H and O–H groups in total. The van der Waals surface area contributed by atoms with Crippen LogP contribution < -0.4 is 5.32 Å². The maximum atomic E-state index is 4.44. The lowest BCUT2D eigenvalue weighted by atomic mass is 10.0. The van der Waals surface area contributed by atoms with Crippen LogP contribution in [-0.4, -0.2) is 16.2 Å². The van der Waals surface area contributed by atoms with Crippen molar-refractivity contribution < 1.29 is 0 Å². The van der Waals surface area contributed by atoms with E-state index in [4.69, 9.17) is 0 Å². The number of hydrogen-bond donors (Lipinski definition) is 1. The average Bonchev–Trinajstić information content (AvgIpc) is 3.03. The number of hydrogen-bond acceptors (Lipinski definition) is 3. The molecule has 19 heavy (non-hydrogen) atoms. The summed E-state index contributed by atoms with van der Waals surface area (Å²) in [5, 5.41) is 10.2. The Morgan fingerprint density at radius 3 is 2.95 bits per heavy atom. The molecule has 0 bridgehead atoms. The topological polar surface area (TPSA) is 29.3 Å². The number of nitrogens with zero attached hydrogens (tertiary/aromatic N) is 2. The van der Waals surface area contributed by atoms with Crippen LogP contribution in [-0.2, 0) is 0 Å². The van der Waals surface area contributed by atoms with Crippen molar-refractivity contribution >= 4 is 16.9 Å². The van der Waals surface area contributed by atoms with Crippen molar-refractivity contribution in [3.63, 3.8) is 0 Å². The molecule has 98 valence electrons. The van der Waals surface area contributed by atoms with Gasteiger partial charge in [0.1, 0.15) is 0 Å². The fourth-order valence-electron chi connectivity index (χ4n) is 2.46. The molecule has 0 amide bonds. The molecule has 0 saturated carbocycles. The van der Waals surface area contributed by atoms with E-state index in [-0.39, 0.29) is 6.04 Å². The molecule has 3 heterocycles. The predicted molar refractivity (Wildman–Crippen MR) is 79.8 cm³/mol. The first kappa shape index (κ1) is 12.4. The fourth-order valence-corrected chi connectivity index (χ4v) is 3.20. The van der Waals surface area contributed by atoms with Crippen molar-refractivity contribution in [2.45, 2.75) is 19.9 Å². The molecule has 3 aromatic rings. The summed E-state index contributed by atoms with van der Waals surface area (Å²) in [5.41, 5.74) is 3.76. The van der Waals surface area contributed by atoms with E-state index in [9.17, 15) is 0 Å². The third-order valence-electron chi connectivity index (χ3n) is 3.39. The van der Waals surface area contributed by atoms with Crippen LogP contribution in [0.1, 0.15) is 29.0 Å². The summed E-state index contributed by atoms with van der Waals surface area (Å²) in [6, 6.07) is 8.61. The lowest BCUT2D eigenvalue weighted by Gasteiger charge is -2.17. The predicted octanol–water partition coefficient (Wildman–Crippen LogP) is 3.40. The zero-order valence-corrected chi connectivity index (χ0v) is 11.9. The molecule has 3 aromatic heterocycles. The number of aromatic nitrogens is 2. The van der Waals surface area contributed by atoms with Gasteiger partial charge >= 0.3 is 0 Å². The van der Waals surface area contributed by atoms with Gasteiger partial charge in [0.25, 0.3) is 0 Å². The third-order valence-corrected chi connectivity index (χ3v) is 4.25. The molecular weight excluding hydrogens is 254 g/mol. The number of nitrogens with one attached hydrogen (secondary N) is 1. The number of thiophene rings is 1. The molecule has 3 rings (SSSR count). The minimum atomic E-state index is 0.219. The van der Waals surface area contributed by atoms with Gasteiger partial charge in [-0.1, -0.05) is 13.0 Å². The maximum absolute atomic E-state index is 4.44. The molecule has 3 nitrogen and oxygen atoms in total. The van der Waals surface area contributed by atoms with E-state index < -0.39 is 0 Å². The average molecular weight is 271 g/mol. The van der Waals surface area contributed by atoms with Crippen LogP contribution in [0.25, 0.3) is 5.52 Å². The second-order valence-electron chi connectivity index (χ2n) is 4.55. The Kier molecular flexibility index (Phi) is 3.36. The summed E-state index contributed by atoms with van der Waals surface area (Å²) < 4.78 is 1.93. The summed E-state index contributed by atoms with van der Waals surface area (Å²) in [6.45, 7) is 5.25. The van der Waals surface area contributed by atoms with Crippen LogP contribution in [0.15, 0.2) is 42.0 Å². The smallest absolute Gasteiger partial charge is 0.0712 e. The van der Waals surface area contributed by atoms with Gasteiger partial charge in [-0.15, -0.1) is 11.3 Å². The largest absolute Gasteiger partial charge is 0.306 e. The van der Waals surface area contributed by atoms with Gasteiger partial charge < -0.3 is 5.32 Å². The Morgan fingerprint density at radius 1 is 1.32 bits per heavy atom. The van der Waals surface area contributed by atoms with E-state index in [1.165, 1.54) is 21.5 Å². The highest BCUT2D eigenvalue weighted by molar-refractivity contribution is 7.10. The Bertz CT molecular complexity index is 683. The van der Waals surface area contributed by atoms with Gasteiger partial charge in [0.15, 0.2) is 0 Å². The van der Waals surface area contributed by atoms with Crippen molar-refractivity contribution in [3.05, 3.63) is 58.0 Å². The molecule has 1 unspecified atom stereocenters. The summed E-state index contributed by atoms with van der Waals surface area (Å²) in [7, 11) is 0.